The highest BCUT2D eigenvalue weighted by atomic mass is 19.4. The molecule has 1 aliphatic rings. The SMILES string of the molecule is CNC1CCCCCC1c1ccc(C(F)(F)F)cc1C. The summed E-state index contributed by atoms with van der Waals surface area (Å²) in [6.07, 6.45) is 1.47. The second-order valence-corrected chi connectivity index (χ2v) is 5.71. The largest absolute Gasteiger partial charge is 0.416 e. The Bertz CT molecular complexity index is 454. The van der Waals surface area contributed by atoms with Crippen LogP contribution in [0.1, 0.15) is 54.7 Å². The third kappa shape index (κ3) is 3.35. The van der Waals surface area contributed by atoms with E-state index in [9.17, 15) is 13.2 Å². The first-order valence-electron chi connectivity index (χ1n) is 7.28. The molecular weight excluding hydrogens is 263 g/mol. The molecule has 0 spiro atoms. The lowest BCUT2D eigenvalue weighted by Crippen LogP contribution is -2.31. The van der Waals surface area contributed by atoms with Gasteiger partial charge in [0.2, 0.25) is 0 Å². The fourth-order valence-corrected chi connectivity index (χ4v) is 3.29. The van der Waals surface area contributed by atoms with E-state index in [0.29, 0.717) is 12.0 Å². The van der Waals surface area contributed by atoms with Crippen LogP contribution in [0.3, 0.4) is 0 Å². The van der Waals surface area contributed by atoms with E-state index in [1.165, 1.54) is 25.0 Å². The van der Waals surface area contributed by atoms with E-state index >= 15 is 0 Å². The predicted octanol–water partition coefficient (Wildman–Crippen LogP) is 4.65. The standard InChI is InChI=1S/C16H22F3N/c1-11-10-12(16(17,18)19)8-9-13(11)14-6-4-3-5-7-15(14)20-2/h8-10,14-15,20H,3-7H2,1-2H3. The number of rotatable bonds is 2. The number of alkyl halides is 3. The maximum atomic E-state index is 12.7. The van der Waals surface area contributed by atoms with Gasteiger partial charge < -0.3 is 5.32 Å². The van der Waals surface area contributed by atoms with Crippen molar-refractivity contribution in [2.45, 2.75) is 57.2 Å². The van der Waals surface area contributed by atoms with Gasteiger partial charge >= 0.3 is 6.18 Å². The number of hydrogen-bond donors (Lipinski definition) is 1. The van der Waals surface area contributed by atoms with Crippen LogP contribution < -0.4 is 5.32 Å². The van der Waals surface area contributed by atoms with Crippen molar-refractivity contribution in [1.29, 1.82) is 0 Å². The van der Waals surface area contributed by atoms with Crippen molar-refractivity contribution in [2.75, 3.05) is 7.05 Å². The van der Waals surface area contributed by atoms with Gasteiger partial charge in [-0.15, -0.1) is 0 Å². The number of benzene rings is 1. The highest BCUT2D eigenvalue weighted by molar-refractivity contribution is 5.36. The number of nitrogens with one attached hydrogen (secondary N) is 1. The van der Waals surface area contributed by atoms with Crippen molar-refractivity contribution >= 4 is 0 Å². The van der Waals surface area contributed by atoms with Gasteiger partial charge in [0.15, 0.2) is 0 Å². The lowest BCUT2D eigenvalue weighted by Gasteiger charge is -2.27. The van der Waals surface area contributed by atoms with E-state index in [1.807, 2.05) is 7.05 Å². The first kappa shape index (κ1) is 15.4. The maximum absolute atomic E-state index is 12.7. The average Bonchev–Trinajstić information content (AvgIpc) is 2.62. The second-order valence-electron chi connectivity index (χ2n) is 5.71. The molecule has 0 aromatic heterocycles. The Hall–Kier alpha value is -1.03. The smallest absolute Gasteiger partial charge is 0.316 e. The van der Waals surface area contributed by atoms with E-state index in [0.717, 1.165) is 30.4 Å². The number of aryl methyl sites for hydroxylation is 1. The Morgan fingerprint density at radius 1 is 1.10 bits per heavy atom. The Morgan fingerprint density at radius 2 is 1.80 bits per heavy atom. The summed E-state index contributed by atoms with van der Waals surface area (Å²) in [5.41, 5.74) is 1.28. The molecule has 2 rings (SSSR count). The lowest BCUT2D eigenvalue weighted by molar-refractivity contribution is -0.137. The van der Waals surface area contributed by atoms with Gasteiger partial charge in [-0.25, -0.2) is 0 Å². The third-order valence-electron chi connectivity index (χ3n) is 4.38. The van der Waals surface area contributed by atoms with E-state index in [4.69, 9.17) is 0 Å². The van der Waals surface area contributed by atoms with E-state index in [1.54, 1.807) is 13.0 Å². The first-order chi connectivity index (χ1) is 9.43. The van der Waals surface area contributed by atoms with Crippen molar-refractivity contribution in [3.8, 4) is 0 Å². The molecule has 112 valence electrons. The first-order valence-corrected chi connectivity index (χ1v) is 7.28. The van der Waals surface area contributed by atoms with Crippen molar-refractivity contribution in [2.24, 2.45) is 0 Å². The molecule has 0 saturated heterocycles. The second kappa shape index (κ2) is 6.17. The predicted molar refractivity (Wildman–Crippen MR) is 74.9 cm³/mol. The Balaban J connectivity index is 2.31. The molecule has 0 amide bonds. The maximum Gasteiger partial charge on any atom is 0.416 e. The van der Waals surface area contributed by atoms with Crippen LogP contribution in [0, 0.1) is 6.92 Å². The molecule has 0 bridgehead atoms. The summed E-state index contributed by atoms with van der Waals surface area (Å²) in [5, 5.41) is 3.34. The molecule has 1 aliphatic carbocycles. The minimum atomic E-state index is -4.25. The zero-order valence-corrected chi connectivity index (χ0v) is 12.1. The molecule has 0 heterocycles. The molecule has 0 aliphatic heterocycles. The van der Waals surface area contributed by atoms with Gasteiger partial charge in [-0.1, -0.05) is 25.3 Å². The zero-order chi connectivity index (χ0) is 14.8. The minimum absolute atomic E-state index is 0.324. The molecule has 1 saturated carbocycles. The highest BCUT2D eigenvalue weighted by Gasteiger charge is 2.32. The quantitative estimate of drug-likeness (QED) is 0.780. The lowest BCUT2D eigenvalue weighted by atomic mass is 9.84. The van der Waals surface area contributed by atoms with Crippen LogP contribution in [0.4, 0.5) is 13.2 Å². The van der Waals surface area contributed by atoms with Gasteiger partial charge in [0.1, 0.15) is 0 Å². The number of hydrogen-bond acceptors (Lipinski definition) is 1. The van der Waals surface area contributed by atoms with Crippen LogP contribution in [0.15, 0.2) is 18.2 Å². The van der Waals surface area contributed by atoms with Gasteiger partial charge in [0.05, 0.1) is 5.56 Å². The summed E-state index contributed by atoms with van der Waals surface area (Å²) in [7, 11) is 1.95. The zero-order valence-electron chi connectivity index (χ0n) is 12.1. The Morgan fingerprint density at radius 3 is 2.40 bits per heavy atom. The molecule has 1 aromatic rings. The van der Waals surface area contributed by atoms with Crippen LogP contribution in [-0.2, 0) is 6.18 Å². The number of likely N-dealkylation sites (N-methyl/N-ethyl adjacent to an activating group) is 1. The van der Waals surface area contributed by atoms with Crippen LogP contribution in [-0.4, -0.2) is 13.1 Å². The van der Waals surface area contributed by atoms with Crippen molar-refractivity contribution in [1.82, 2.24) is 5.32 Å². The number of halogens is 3. The van der Waals surface area contributed by atoms with Gasteiger partial charge in [0.25, 0.3) is 0 Å². The molecule has 20 heavy (non-hydrogen) atoms. The summed E-state index contributed by atoms with van der Waals surface area (Å²) in [4.78, 5) is 0. The molecule has 1 fully saturated rings. The summed E-state index contributed by atoms with van der Waals surface area (Å²) in [6.45, 7) is 1.79. The van der Waals surface area contributed by atoms with Crippen LogP contribution in [0.25, 0.3) is 0 Å². The Kier molecular flexibility index (Phi) is 4.74. The fraction of sp³-hybridized carbons (Fsp3) is 0.625. The molecule has 1 nitrogen and oxygen atoms in total. The molecule has 0 radical (unpaired) electrons. The summed E-state index contributed by atoms with van der Waals surface area (Å²) in [6, 6.07) is 4.55. The summed E-state index contributed by atoms with van der Waals surface area (Å²) >= 11 is 0. The molecule has 1 aromatic carbocycles. The topological polar surface area (TPSA) is 12.0 Å². The highest BCUT2D eigenvalue weighted by Crippen LogP contribution is 2.36. The van der Waals surface area contributed by atoms with Crippen molar-refractivity contribution in [3.05, 3.63) is 34.9 Å². The monoisotopic (exact) mass is 285 g/mol. The molecular formula is C16H22F3N. The van der Waals surface area contributed by atoms with Crippen LogP contribution in [0.2, 0.25) is 0 Å². The summed E-state index contributed by atoms with van der Waals surface area (Å²) in [5.74, 6) is 0.324. The van der Waals surface area contributed by atoms with E-state index in [-0.39, 0.29) is 0 Å². The van der Waals surface area contributed by atoms with Gasteiger partial charge in [-0.05, 0) is 56.0 Å². The molecule has 2 unspecified atom stereocenters. The molecule has 4 heteroatoms. The van der Waals surface area contributed by atoms with Gasteiger partial charge in [-0.3, -0.25) is 0 Å². The average molecular weight is 285 g/mol. The normalized spacial score (nSPS) is 24.4. The fourth-order valence-electron chi connectivity index (χ4n) is 3.29. The van der Waals surface area contributed by atoms with Crippen molar-refractivity contribution < 1.29 is 13.2 Å². The van der Waals surface area contributed by atoms with E-state index < -0.39 is 11.7 Å². The summed E-state index contributed by atoms with van der Waals surface area (Å²) < 4.78 is 38.2. The van der Waals surface area contributed by atoms with Gasteiger partial charge in [-0.2, -0.15) is 13.2 Å². The van der Waals surface area contributed by atoms with Gasteiger partial charge in [0, 0.05) is 6.04 Å². The van der Waals surface area contributed by atoms with Crippen LogP contribution in [0.5, 0.6) is 0 Å². The minimum Gasteiger partial charge on any atom is -0.316 e. The van der Waals surface area contributed by atoms with Crippen molar-refractivity contribution in [3.63, 3.8) is 0 Å². The Labute approximate surface area is 118 Å². The third-order valence-corrected chi connectivity index (χ3v) is 4.38. The molecule has 2 atom stereocenters. The molecule has 1 N–H and O–H groups in total. The van der Waals surface area contributed by atoms with Crippen LogP contribution >= 0.6 is 0 Å². The van der Waals surface area contributed by atoms with E-state index in [2.05, 4.69) is 5.32 Å².